The number of sulfonamides is 1. The smallest absolute Gasteiger partial charge is 0.269 e. The molecule has 0 aliphatic carbocycles. The largest absolute Gasteiger partial charge is 0.296 e. The number of carbonyl (C=O) groups excluding carboxylic acids is 1. The van der Waals surface area contributed by atoms with Crippen LogP contribution in [0.2, 0.25) is 10.0 Å². The Morgan fingerprint density at radius 2 is 2.00 bits per heavy atom. The molecule has 28 heavy (non-hydrogen) atoms. The highest BCUT2D eigenvalue weighted by molar-refractivity contribution is 7.91. The normalized spacial score (nSPS) is 12.7. The Morgan fingerprint density at radius 1 is 1.25 bits per heavy atom. The van der Waals surface area contributed by atoms with Crippen LogP contribution in [-0.2, 0) is 10.0 Å². The first-order valence-electron chi connectivity index (χ1n) is 8.86. The van der Waals surface area contributed by atoms with Gasteiger partial charge in [0, 0.05) is 11.6 Å². The van der Waals surface area contributed by atoms with E-state index in [1.54, 1.807) is 0 Å². The molecule has 1 aromatic carbocycles. The summed E-state index contributed by atoms with van der Waals surface area (Å²) in [6, 6.07) is 4.45. The van der Waals surface area contributed by atoms with Gasteiger partial charge in [-0.2, -0.15) is 0 Å². The average molecular weight is 465 g/mol. The molecule has 0 unspecified atom stereocenters. The summed E-state index contributed by atoms with van der Waals surface area (Å²) in [7, 11) is -3.78. The molecule has 0 radical (unpaired) electrons. The minimum atomic E-state index is -3.78. The third-order valence-electron chi connectivity index (χ3n) is 4.14. The summed E-state index contributed by atoms with van der Waals surface area (Å²) in [6.07, 6.45) is 3.99. The Labute approximate surface area is 178 Å². The predicted molar refractivity (Wildman–Crippen MR) is 113 cm³/mol. The van der Waals surface area contributed by atoms with E-state index in [2.05, 4.69) is 27.2 Å². The lowest BCUT2D eigenvalue weighted by atomic mass is 10.00. The number of amides is 1. The Bertz CT molecular complexity index is 919. The molecule has 1 atom stereocenters. The van der Waals surface area contributed by atoms with Gasteiger partial charge in [0.1, 0.15) is 0 Å². The van der Waals surface area contributed by atoms with Gasteiger partial charge in [-0.3, -0.25) is 10.1 Å². The number of carbonyl (C=O) groups is 1. The van der Waals surface area contributed by atoms with Crippen molar-refractivity contribution in [3.8, 4) is 0 Å². The third-order valence-corrected chi connectivity index (χ3v) is 7.32. The molecule has 0 spiro atoms. The molecule has 0 aliphatic rings. The summed E-state index contributed by atoms with van der Waals surface area (Å²) >= 11 is 12.6. The van der Waals surface area contributed by atoms with Crippen molar-refractivity contribution in [2.24, 2.45) is 5.92 Å². The molecule has 0 bridgehead atoms. The van der Waals surface area contributed by atoms with Gasteiger partial charge in [0.2, 0.25) is 9.47 Å². The van der Waals surface area contributed by atoms with E-state index < -0.39 is 15.9 Å². The predicted octanol–water partition coefficient (Wildman–Crippen LogP) is 4.59. The standard InChI is InChI=1S/C17H22Cl2N4O3S2/c1-3-5-6-11(4-2)10-20-28(25,26)17-23-22-16(27-17)21-15(24)13-8-7-12(18)9-14(13)19/h7-9,11,20H,3-6,10H2,1-2H3,(H,21,22,24)/t11-/m1/s1. The number of anilines is 1. The molecule has 1 heterocycles. The highest BCUT2D eigenvalue weighted by Gasteiger charge is 2.22. The van der Waals surface area contributed by atoms with Gasteiger partial charge in [-0.1, -0.05) is 67.6 Å². The number of rotatable bonds is 10. The number of nitrogens with one attached hydrogen (secondary N) is 2. The monoisotopic (exact) mass is 464 g/mol. The molecule has 7 nitrogen and oxygen atoms in total. The molecular weight excluding hydrogens is 443 g/mol. The van der Waals surface area contributed by atoms with Crippen molar-refractivity contribution in [1.82, 2.24) is 14.9 Å². The van der Waals surface area contributed by atoms with Gasteiger partial charge >= 0.3 is 0 Å². The van der Waals surface area contributed by atoms with E-state index in [4.69, 9.17) is 23.2 Å². The van der Waals surface area contributed by atoms with Crippen LogP contribution < -0.4 is 10.0 Å². The maximum absolute atomic E-state index is 12.4. The van der Waals surface area contributed by atoms with E-state index in [0.29, 0.717) is 11.6 Å². The van der Waals surface area contributed by atoms with E-state index in [-0.39, 0.29) is 26.0 Å². The molecule has 1 aromatic heterocycles. The van der Waals surface area contributed by atoms with E-state index >= 15 is 0 Å². The topological polar surface area (TPSA) is 101 Å². The highest BCUT2D eigenvalue weighted by atomic mass is 35.5. The molecule has 0 aliphatic heterocycles. The van der Waals surface area contributed by atoms with Crippen molar-refractivity contribution in [3.05, 3.63) is 33.8 Å². The zero-order chi connectivity index (χ0) is 20.7. The molecule has 11 heteroatoms. The quantitative estimate of drug-likeness (QED) is 0.500. The van der Waals surface area contributed by atoms with Crippen LogP contribution in [-0.4, -0.2) is 31.1 Å². The van der Waals surface area contributed by atoms with Gasteiger partial charge < -0.3 is 0 Å². The first-order valence-corrected chi connectivity index (χ1v) is 11.9. The number of halogens is 2. The highest BCUT2D eigenvalue weighted by Crippen LogP contribution is 2.24. The van der Waals surface area contributed by atoms with E-state index in [0.717, 1.165) is 37.0 Å². The number of unbranched alkanes of at least 4 members (excludes halogenated alkanes) is 1. The Hall–Kier alpha value is -1.26. The molecular formula is C17H22Cl2N4O3S2. The van der Waals surface area contributed by atoms with Gasteiger partial charge in [0.25, 0.3) is 15.9 Å². The minimum absolute atomic E-state index is 0.0643. The first-order chi connectivity index (χ1) is 13.3. The Morgan fingerprint density at radius 3 is 2.64 bits per heavy atom. The minimum Gasteiger partial charge on any atom is -0.296 e. The SMILES string of the molecule is CCCC[C@@H](CC)CNS(=O)(=O)c1nnc(NC(=O)c2ccc(Cl)cc2Cl)s1. The molecule has 1 amide bonds. The van der Waals surface area contributed by atoms with Crippen molar-refractivity contribution in [3.63, 3.8) is 0 Å². The lowest BCUT2D eigenvalue weighted by Gasteiger charge is -2.14. The van der Waals surface area contributed by atoms with Crippen LogP contribution in [0.5, 0.6) is 0 Å². The van der Waals surface area contributed by atoms with Gasteiger partial charge in [-0.25, -0.2) is 13.1 Å². The second kappa shape index (κ2) is 10.5. The van der Waals surface area contributed by atoms with E-state index in [1.165, 1.54) is 18.2 Å². The van der Waals surface area contributed by atoms with Crippen molar-refractivity contribution in [1.29, 1.82) is 0 Å². The molecule has 0 fully saturated rings. The van der Waals surface area contributed by atoms with E-state index in [9.17, 15) is 13.2 Å². The van der Waals surface area contributed by atoms with Crippen LogP contribution in [0.1, 0.15) is 49.9 Å². The summed E-state index contributed by atoms with van der Waals surface area (Å²) in [5.41, 5.74) is 0.200. The van der Waals surface area contributed by atoms with Crippen LogP contribution in [0.15, 0.2) is 22.5 Å². The molecule has 2 aromatic rings. The van der Waals surface area contributed by atoms with Crippen LogP contribution in [0.4, 0.5) is 5.13 Å². The number of aromatic nitrogens is 2. The molecule has 0 saturated carbocycles. The van der Waals surface area contributed by atoms with Crippen LogP contribution in [0.25, 0.3) is 0 Å². The maximum atomic E-state index is 12.4. The second-order valence-electron chi connectivity index (χ2n) is 6.22. The molecule has 0 saturated heterocycles. The van der Waals surface area contributed by atoms with Crippen molar-refractivity contribution >= 4 is 55.6 Å². The van der Waals surface area contributed by atoms with E-state index in [1.807, 2.05) is 6.92 Å². The number of benzene rings is 1. The number of nitrogens with zero attached hydrogens (tertiary/aromatic N) is 2. The van der Waals surface area contributed by atoms with Gasteiger partial charge in [0.15, 0.2) is 0 Å². The van der Waals surface area contributed by atoms with Crippen molar-refractivity contribution < 1.29 is 13.2 Å². The third kappa shape index (κ3) is 6.38. The Balaban J connectivity index is 2.02. The molecule has 154 valence electrons. The number of hydrogen-bond donors (Lipinski definition) is 2. The van der Waals surface area contributed by atoms with Crippen molar-refractivity contribution in [2.75, 3.05) is 11.9 Å². The van der Waals surface area contributed by atoms with Crippen LogP contribution >= 0.6 is 34.5 Å². The van der Waals surface area contributed by atoms with Gasteiger partial charge in [-0.15, -0.1) is 10.2 Å². The first kappa shape index (κ1) is 23.0. The van der Waals surface area contributed by atoms with Crippen molar-refractivity contribution in [2.45, 2.75) is 43.9 Å². The summed E-state index contributed by atoms with van der Waals surface area (Å²) in [5, 5.41) is 10.6. The maximum Gasteiger partial charge on any atom is 0.269 e. The number of hydrogen-bond acceptors (Lipinski definition) is 6. The lowest BCUT2D eigenvalue weighted by Crippen LogP contribution is -2.29. The van der Waals surface area contributed by atoms with Gasteiger partial charge in [-0.05, 0) is 30.5 Å². The van der Waals surface area contributed by atoms with Crippen LogP contribution in [0, 0.1) is 5.92 Å². The Kier molecular flexibility index (Phi) is 8.63. The average Bonchev–Trinajstić information content (AvgIpc) is 3.11. The zero-order valence-corrected chi connectivity index (χ0v) is 18.7. The fourth-order valence-corrected chi connectivity index (χ4v) is 4.99. The fraction of sp³-hybridized carbons (Fsp3) is 0.471. The van der Waals surface area contributed by atoms with Crippen LogP contribution in [0.3, 0.4) is 0 Å². The molecule has 2 N–H and O–H groups in total. The lowest BCUT2D eigenvalue weighted by molar-refractivity contribution is 0.102. The summed E-state index contributed by atoms with van der Waals surface area (Å²) in [5.74, 6) is -0.255. The summed E-state index contributed by atoms with van der Waals surface area (Å²) in [6.45, 7) is 4.49. The van der Waals surface area contributed by atoms with Gasteiger partial charge in [0.05, 0.1) is 10.6 Å². The second-order valence-corrected chi connectivity index (χ2v) is 9.98. The summed E-state index contributed by atoms with van der Waals surface area (Å²) < 4.78 is 27.3. The summed E-state index contributed by atoms with van der Waals surface area (Å²) in [4.78, 5) is 12.3. The fourth-order valence-electron chi connectivity index (χ4n) is 2.44. The molecule has 2 rings (SSSR count). The zero-order valence-electron chi connectivity index (χ0n) is 15.5.